The van der Waals surface area contributed by atoms with Crippen LogP contribution in [0.1, 0.15) is 28.4 Å². The quantitative estimate of drug-likeness (QED) is 0.361. The largest absolute Gasteiger partial charge is 0.496 e. The van der Waals surface area contributed by atoms with E-state index in [0.717, 1.165) is 0 Å². The molecule has 0 bridgehead atoms. The predicted octanol–water partition coefficient (Wildman–Crippen LogP) is 3.68. The standard InChI is InChI=1S/C22H24O7/c1-14(23)15-6-8-18(25-2)17(10-15)13-29-22(24)9-7-16-11-20(27-4)21(28-5)12-19(16)26-3/h6-12H,13H2,1-5H3/b9-7+. The van der Waals surface area contributed by atoms with Gasteiger partial charge in [-0.3, -0.25) is 4.79 Å². The molecule has 7 heteroatoms. The average molecular weight is 400 g/mol. The van der Waals surface area contributed by atoms with E-state index in [4.69, 9.17) is 23.7 Å². The van der Waals surface area contributed by atoms with Crippen molar-refractivity contribution in [3.05, 3.63) is 53.1 Å². The van der Waals surface area contributed by atoms with Crippen LogP contribution >= 0.6 is 0 Å². The molecule has 0 aliphatic carbocycles. The van der Waals surface area contributed by atoms with Crippen molar-refractivity contribution >= 4 is 17.8 Å². The van der Waals surface area contributed by atoms with E-state index in [0.29, 0.717) is 39.7 Å². The number of hydrogen-bond acceptors (Lipinski definition) is 7. The first-order valence-corrected chi connectivity index (χ1v) is 8.76. The zero-order valence-corrected chi connectivity index (χ0v) is 17.1. The fourth-order valence-electron chi connectivity index (χ4n) is 2.65. The van der Waals surface area contributed by atoms with Gasteiger partial charge in [0, 0.05) is 28.8 Å². The second-order valence-corrected chi connectivity index (χ2v) is 5.97. The second-order valence-electron chi connectivity index (χ2n) is 5.97. The number of ketones is 1. The van der Waals surface area contributed by atoms with Gasteiger partial charge in [0.25, 0.3) is 0 Å². The summed E-state index contributed by atoms with van der Waals surface area (Å²) < 4.78 is 26.4. The molecule has 7 nitrogen and oxygen atoms in total. The van der Waals surface area contributed by atoms with Crippen LogP contribution in [0.15, 0.2) is 36.4 Å². The maximum atomic E-state index is 12.2. The number of Topliss-reactive ketones (excluding diaryl/α,β-unsaturated/α-hetero) is 1. The van der Waals surface area contributed by atoms with Gasteiger partial charge < -0.3 is 23.7 Å². The highest BCUT2D eigenvalue weighted by Crippen LogP contribution is 2.35. The van der Waals surface area contributed by atoms with Gasteiger partial charge in [-0.1, -0.05) is 0 Å². The molecule has 154 valence electrons. The molecule has 29 heavy (non-hydrogen) atoms. The number of methoxy groups -OCH3 is 4. The molecule has 0 saturated carbocycles. The van der Waals surface area contributed by atoms with Crippen LogP contribution in [-0.4, -0.2) is 40.2 Å². The van der Waals surface area contributed by atoms with E-state index < -0.39 is 5.97 Å². The lowest BCUT2D eigenvalue weighted by molar-refractivity contribution is -0.138. The number of esters is 1. The van der Waals surface area contributed by atoms with Crippen molar-refractivity contribution in [1.29, 1.82) is 0 Å². The van der Waals surface area contributed by atoms with Gasteiger partial charge in [-0.2, -0.15) is 0 Å². The second kappa shape index (κ2) is 10.2. The van der Waals surface area contributed by atoms with Gasteiger partial charge in [-0.25, -0.2) is 4.79 Å². The van der Waals surface area contributed by atoms with Crippen LogP contribution in [-0.2, 0) is 16.1 Å². The fourth-order valence-corrected chi connectivity index (χ4v) is 2.65. The monoisotopic (exact) mass is 400 g/mol. The van der Waals surface area contributed by atoms with Crippen LogP contribution in [0, 0.1) is 0 Å². The van der Waals surface area contributed by atoms with Crippen molar-refractivity contribution in [1.82, 2.24) is 0 Å². The average Bonchev–Trinajstić information content (AvgIpc) is 2.74. The predicted molar refractivity (Wildman–Crippen MR) is 108 cm³/mol. The Balaban J connectivity index is 2.15. The van der Waals surface area contributed by atoms with E-state index in [-0.39, 0.29) is 12.4 Å². The molecule has 0 atom stereocenters. The van der Waals surface area contributed by atoms with Crippen LogP contribution in [0.3, 0.4) is 0 Å². The number of ether oxygens (including phenoxy) is 5. The lowest BCUT2D eigenvalue weighted by Crippen LogP contribution is -2.04. The Hall–Kier alpha value is -3.48. The molecule has 0 unspecified atom stereocenters. The Labute approximate surface area is 169 Å². The molecule has 0 saturated heterocycles. The van der Waals surface area contributed by atoms with Crippen molar-refractivity contribution < 1.29 is 33.3 Å². The Kier molecular flexibility index (Phi) is 7.65. The fraction of sp³-hybridized carbons (Fsp3) is 0.273. The van der Waals surface area contributed by atoms with Gasteiger partial charge in [-0.05, 0) is 37.3 Å². The Morgan fingerprint density at radius 2 is 1.45 bits per heavy atom. The van der Waals surface area contributed by atoms with Crippen LogP contribution in [0.25, 0.3) is 6.08 Å². The third kappa shape index (κ3) is 5.51. The smallest absolute Gasteiger partial charge is 0.331 e. The van der Waals surface area contributed by atoms with Gasteiger partial charge >= 0.3 is 5.97 Å². The molecule has 2 aromatic carbocycles. The molecule has 0 aliphatic heterocycles. The summed E-state index contributed by atoms with van der Waals surface area (Å²) in [6.07, 6.45) is 2.84. The molecule has 0 aliphatic rings. The summed E-state index contributed by atoms with van der Waals surface area (Å²) in [5, 5.41) is 0. The molecule has 0 heterocycles. The minimum atomic E-state index is -0.558. The highest BCUT2D eigenvalue weighted by Gasteiger charge is 2.12. The van der Waals surface area contributed by atoms with E-state index in [2.05, 4.69) is 0 Å². The molecule has 2 aromatic rings. The van der Waals surface area contributed by atoms with Crippen molar-refractivity contribution in [2.75, 3.05) is 28.4 Å². The minimum absolute atomic E-state index is 0.0312. The SMILES string of the molecule is COc1cc(OC)c(OC)cc1/C=C/C(=O)OCc1cc(C(C)=O)ccc1OC. The van der Waals surface area contributed by atoms with Crippen LogP contribution in [0.5, 0.6) is 23.0 Å². The molecule has 0 fully saturated rings. The van der Waals surface area contributed by atoms with Gasteiger partial charge in [0.05, 0.1) is 28.4 Å². The van der Waals surface area contributed by atoms with Crippen molar-refractivity contribution in [3.8, 4) is 23.0 Å². The van der Waals surface area contributed by atoms with E-state index in [1.807, 2.05) is 0 Å². The first-order valence-electron chi connectivity index (χ1n) is 8.76. The first kappa shape index (κ1) is 21.8. The summed E-state index contributed by atoms with van der Waals surface area (Å²) in [5.41, 5.74) is 1.74. The third-order valence-electron chi connectivity index (χ3n) is 4.19. The van der Waals surface area contributed by atoms with E-state index >= 15 is 0 Å². The van der Waals surface area contributed by atoms with Crippen molar-refractivity contribution in [3.63, 3.8) is 0 Å². The molecule has 0 N–H and O–H groups in total. The van der Waals surface area contributed by atoms with Gasteiger partial charge in [-0.15, -0.1) is 0 Å². The maximum Gasteiger partial charge on any atom is 0.331 e. The minimum Gasteiger partial charge on any atom is -0.496 e. The molecule has 0 spiro atoms. The number of rotatable bonds is 9. The summed E-state index contributed by atoms with van der Waals surface area (Å²) in [6.45, 7) is 1.44. The maximum absolute atomic E-state index is 12.2. The molecular weight excluding hydrogens is 376 g/mol. The Bertz CT molecular complexity index is 916. The molecule has 0 aromatic heterocycles. The normalized spacial score (nSPS) is 10.5. The highest BCUT2D eigenvalue weighted by molar-refractivity contribution is 5.94. The third-order valence-corrected chi connectivity index (χ3v) is 4.19. The lowest BCUT2D eigenvalue weighted by atomic mass is 10.1. The molecular formula is C22H24O7. The topological polar surface area (TPSA) is 80.3 Å². The van der Waals surface area contributed by atoms with Gasteiger partial charge in [0.1, 0.15) is 18.1 Å². The number of carbonyl (C=O) groups excluding carboxylic acids is 2. The molecule has 0 radical (unpaired) electrons. The van der Waals surface area contributed by atoms with Gasteiger partial charge in [0.15, 0.2) is 17.3 Å². The zero-order valence-electron chi connectivity index (χ0n) is 17.1. The lowest BCUT2D eigenvalue weighted by Gasteiger charge is -2.12. The van der Waals surface area contributed by atoms with Crippen LogP contribution < -0.4 is 18.9 Å². The Morgan fingerprint density at radius 1 is 0.828 bits per heavy atom. The summed E-state index contributed by atoms with van der Waals surface area (Å²) in [4.78, 5) is 23.7. The summed E-state index contributed by atoms with van der Waals surface area (Å²) in [6, 6.07) is 8.35. The van der Waals surface area contributed by atoms with Crippen LogP contribution in [0.2, 0.25) is 0 Å². The van der Waals surface area contributed by atoms with E-state index in [1.54, 1.807) is 36.4 Å². The van der Waals surface area contributed by atoms with E-state index in [1.165, 1.54) is 41.4 Å². The summed E-state index contributed by atoms with van der Waals surface area (Å²) in [7, 11) is 6.08. The number of benzene rings is 2. The van der Waals surface area contributed by atoms with E-state index in [9.17, 15) is 9.59 Å². The highest BCUT2D eigenvalue weighted by atomic mass is 16.5. The number of hydrogen-bond donors (Lipinski definition) is 0. The molecule has 2 rings (SSSR count). The van der Waals surface area contributed by atoms with Crippen molar-refractivity contribution in [2.45, 2.75) is 13.5 Å². The molecule has 0 amide bonds. The summed E-state index contributed by atoms with van der Waals surface area (Å²) in [5.74, 6) is 1.43. The van der Waals surface area contributed by atoms with Crippen LogP contribution in [0.4, 0.5) is 0 Å². The van der Waals surface area contributed by atoms with Crippen molar-refractivity contribution in [2.24, 2.45) is 0 Å². The first-order chi connectivity index (χ1) is 13.9. The zero-order chi connectivity index (χ0) is 21.4. The summed E-state index contributed by atoms with van der Waals surface area (Å²) >= 11 is 0. The Morgan fingerprint density at radius 3 is 2.03 bits per heavy atom. The van der Waals surface area contributed by atoms with Gasteiger partial charge in [0.2, 0.25) is 0 Å². The number of carbonyl (C=O) groups is 2.